The number of hydrogen-bond acceptors (Lipinski definition) is 5. The molecule has 116 valence electrons. The van der Waals surface area contributed by atoms with E-state index in [0.29, 0.717) is 29.1 Å². The molecule has 2 rings (SSSR count). The van der Waals surface area contributed by atoms with Gasteiger partial charge in [-0.1, -0.05) is 24.3 Å². The molecule has 7 heteroatoms. The lowest BCUT2D eigenvalue weighted by Crippen LogP contribution is -1.99. The van der Waals surface area contributed by atoms with Crippen LogP contribution in [-0.4, -0.2) is 29.6 Å². The molecule has 6 nitrogen and oxygen atoms in total. The van der Waals surface area contributed by atoms with Gasteiger partial charge in [-0.05, 0) is 24.6 Å². The number of hydrogen-bond donors (Lipinski definition) is 1. The highest BCUT2D eigenvalue weighted by molar-refractivity contribution is 6.32. The minimum atomic E-state index is 0.317. The summed E-state index contributed by atoms with van der Waals surface area (Å²) in [6, 6.07) is 3.50. The molecule has 0 bridgehead atoms. The Labute approximate surface area is 133 Å². The van der Waals surface area contributed by atoms with E-state index in [2.05, 4.69) is 16.7 Å². The van der Waals surface area contributed by atoms with Gasteiger partial charge in [-0.2, -0.15) is 5.10 Å². The van der Waals surface area contributed by atoms with E-state index in [-0.39, 0.29) is 0 Å². The maximum atomic E-state index is 6.22. The van der Waals surface area contributed by atoms with Crippen LogP contribution in [0.15, 0.2) is 36.1 Å². The van der Waals surface area contributed by atoms with Gasteiger partial charge in [0.2, 0.25) is 5.95 Å². The third kappa shape index (κ3) is 3.59. The lowest BCUT2D eigenvalue weighted by Gasteiger charge is -2.11. The molecule has 0 aliphatic rings. The predicted molar refractivity (Wildman–Crippen MR) is 88.1 cm³/mol. The normalized spacial score (nSPS) is 10.9. The monoisotopic (exact) mass is 320 g/mol. The predicted octanol–water partition coefficient (Wildman–Crippen LogP) is 2.88. The van der Waals surface area contributed by atoms with Gasteiger partial charge >= 0.3 is 0 Å². The van der Waals surface area contributed by atoms with E-state index < -0.39 is 0 Å². The second-order valence-corrected chi connectivity index (χ2v) is 4.87. The van der Waals surface area contributed by atoms with Crippen molar-refractivity contribution in [2.75, 3.05) is 19.5 Å². The molecule has 0 saturated carbocycles. The highest BCUT2D eigenvalue weighted by atomic mass is 35.5. The number of anilines is 1. The van der Waals surface area contributed by atoms with Gasteiger partial charge in [0.15, 0.2) is 11.5 Å². The van der Waals surface area contributed by atoms with Gasteiger partial charge in [0, 0.05) is 0 Å². The van der Waals surface area contributed by atoms with Crippen LogP contribution in [0.1, 0.15) is 11.3 Å². The van der Waals surface area contributed by atoms with Gasteiger partial charge in [0.1, 0.15) is 6.61 Å². The molecule has 22 heavy (non-hydrogen) atoms. The molecule has 2 N–H and O–H groups in total. The number of aromatic nitrogens is 2. The molecule has 0 aliphatic heterocycles. The first-order valence-corrected chi connectivity index (χ1v) is 6.90. The van der Waals surface area contributed by atoms with Crippen molar-refractivity contribution < 1.29 is 9.47 Å². The SMILES string of the molecule is C=CCOc1c(Cl)cc(C=Nn2cc(C)nc2N)cc1OC. The molecule has 0 radical (unpaired) electrons. The highest BCUT2D eigenvalue weighted by Gasteiger charge is 2.11. The Morgan fingerprint density at radius 2 is 2.27 bits per heavy atom. The summed E-state index contributed by atoms with van der Waals surface area (Å²) in [7, 11) is 1.55. The summed E-state index contributed by atoms with van der Waals surface area (Å²) in [6.07, 6.45) is 4.98. The van der Waals surface area contributed by atoms with Crippen molar-refractivity contribution >= 4 is 23.8 Å². The van der Waals surface area contributed by atoms with Crippen molar-refractivity contribution in [1.29, 1.82) is 0 Å². The Hall–Kier alpha value is -2.47. The summed E-state index contributed by atoms with van der Waals surface area (Å²) in [6.45, 7) is 5.78. The van der Waals surface area contributed by atoms with Crippen LogP contribution in [0.5, 0.6) is 11.5 Å². The van der Waals surface area contributed by atoms with Crippen molar-refractivity contribution in [3.05, 3.63) is 47.3 Å². The summed E-state index contributed by atoms with van der Waals surface area (Å²) in [5.74, 6) is 1.31. The fraction of sp³-hybridized carbons (Fsp3) is 0.200. The van der Waals surface area contributed by atoms with Crippen LogP contribution in [0.2, 0.25) is 5.02 Å². The average molecular weight is 321 g/mol. The summed E-state index contributed by atoms with van der Waals surface area (Å²) < 4.78 is 12.3. The van der Waals surface area contributed by atoms with Crippen molar-refractivity contribution in [1.82, 2.24) is 9.66 Å². The Kier molecular flexibility index (Phi) is 5.06. The van der Waals surface area contributed by atoms with E-state index >= 15 is 0 Å². The number of nitrogens with zero attached hydrogens (tertiary/aromatic N) is 3. The van der Waals surface area contributed by atoms with Crippen molar-refractivity contribution in [3.63, 3.8) is 0 Å². The Morgan fingerprint density at radius 3 is 2.86 bits per heavy atom. The number of ether oxygens (including phenoxy) is 2. The molecule has 0 fully saturated rings. The topological polar surface area (TPSA) is 74.7 Å². The molecular weight excluding hydrogens is 304 g/mol. The third-order valence-corrected chi connectivity index (χ3v) is 3.04. The Morgan fingerprint density at radius 1 is 1.50 bits per heavy atom. The number of halogens is 1. The standard InChI is InChI=1S/C15H17ClN4O2/c1-4-5-22-14-12(16)6-11(7-13(14)21-3)8-18-20-9-10(2)19-15(20)17/h4,6-9H,1,5H2,2-3H3,(H2,17,19). The molecule has 1 heterocycles. The van der Waals surface area contributed by atoms with Crippen molar-refractivity contribution in [3.8, 4) is 11.5 Å². The van der Waals surface area contributed by atoms with Gasteiger partial charge in [0.05, 0.1) is 30.2 Å². The van der Waals surface area contributed by atoms with Crippen LogP contribution in [0.25, 0.3) is 0 Å². The van der Waals surface area contributed by atoms with E-state index in [1.165, 1.54) is 4.68 Å². The van der Waals surface area contributed by atoms with Crippen LogP contribution >= 0.6 is 11.6 Å². The molecule has 2 aromatic rings. The minimum absolute atomic E-state index is 0.317. The van der Waals surface area contributed by atoms with Crippen LogP contribution in [0, 0.1) is 6.92 Å². The first kappa shape index (κ1) is 15.9. The minimum Gasteiger partial charge on any atom is -0.493 e. The number of nitrogen functional groups attached to an aromatic ring is 1. The molecule has 0 amide bonds. The van der Waals surface area contributed by atoms with Crippen LogP contribution < -0.4 is 15.2 Å². The number of nitrogens with two attached hydrogens (primary N) is 1. The van der Waals surface area contributed by atoms with Gasteiger partial charge < -0.3 is 15.2 Å². The molecule has 0 atom stereocenters. The molecule has 1 aromatic heterocycles. The third-order valence-electron chi connectivity index (χ3n) is 2.76. The smallest absolute Gasteiger partial charge is 0.221 e. The number of benzene rings is 1. The zero-order chi connectivity index (χ0) is 16.1. The molecule has 0 unspecified atom stereocenters. The number of aryl methyl sites for hydroxylation is 1. The van der Waals surface area contributed by atoms with Crippen LogP contribution in [0.4, 0.5) is 5.95 Å². The number of methoxy groups -OCH3 is 1. The molecule has 1 aromatic carbocycles. The Balaban J connectivity index is 2.30. The summed E-state index contributed by atoms with van der Waals surface area (Å²) >= 11 is 6.22. The quantitative estimate of drug-likeness (QED) is 0.656. The van der Waals surface area contributed by atoms with Crippen molar-refractivity contribution in [2.45, 2.75) is 6.92 Å². The molecular formula is C15H17ClN4O2. The second-order valence-electron chi connectivity index (χ2n) is 4.46. The fourth-order valence-electron chi connectivity index (χ4n) is 1.82. The van der Waals surface area contributed by atoms with E-state index in [1.807, 2.05) is 6.92 Å². The zero-order valence-corrected chi connectivity index (χ0v) is 13.2. The summed E-state index contributed by atoms with van der Waals surface area (Å²) in [5, 5.41) is 4.67. The molecule has 0 saturated heterocycles. The maximum absolute atomic E-state index is 6.22. The zero-order valence-electron chi connectivity index (χ0n) is 12.4. The summed E-state index contributed by atoms with van der Waals surface area (Å²) in [5.41, 5.74) is 7.27. The Bertz CT molecular complexity index is 710. The first-order chi connectivity index (χ1) is 10.5. The molecule has 0 spiro atoms. The van der Waals surface area contributed by atoms with E-state index in [4.69, 9.17) is 26.8 Å². The largest absolute Gasteiger partial charge is 0.493 e. The number of imidazole rings is 1. The number of rotatable bonds is 6. The summed E-state index contributed by atoms with van der Waals surface area (Å²) in [4.78, 5) is 4.07. The maximum Gasteiger partial charge on any atom is 0.221 e. The average Bonchev–Trinajstić information content (AvgIpc) is 2.81. The highest BCUT2D eigenvalue weighted by Crippen LogP contribution is 2.36. The van der Waals surface area contributed by atoms with E-state index in [9.17, 15) is 0 Å². The second kappa shape index (κ2) is 7.00. The lowest BCUT2D eigenvalue weighted by molar-refractivity contribution is 0.326. The van der Waals surface area contributed by atoms with Gasteiger partial charge in [-0.15, -0.1) is 0 Å². The lowest BCUT2D eigenvalue weighted by atomic mass is 10.2. The van der Waals surface area contributed by atoms with Gasteiger partial charge in [-0.25, -0.2) is 9.66 Å². The fourth-order valence-corrected chi connectivity index (χ4v) is 2.10. The molecule has 0 aliphatic carbocycles. The van der Waals surface area contributed by atoms with Crippen molar-refractivity contribution in [2.24, 2.45) is 5.10 Å². The van der Waals surface area contributed by atoms with Crippen LogP contribution in [0.3, 0.4) is 0 Å². The van der Waals surface area contributed by atoms with Crippen LogP contribution in [-0.2, 0) is 0 Å². The van der Waals surface area contributed by atoms with Gasteiger partial charge in [0.25, 0.3) is 0 Å². The van der Waals surface area contributed by atoms with E-state index in [0.717, 1.165) is 11.3 Å². The van der Waals surface area contributed by atoms with E-state index in [1.54, 1.807) is 37.7 Å². The first-order valence-electron chi connectivity index (χ1n) is 6.52. The van der Waals surface area contributed by atoms with Gasteiger partial charge in [-0.3, -0.25) is 0 Å².